The van der Waals surface area contributed by atoms with Gasteiger partial charge in [0.1, 0.15) is 0 Å². The van der Waals surface area contributed by atoms with Crippen molar-refractivity contribution >= 4 is 23.2 Å². The molecule has 0 bridgehead atoms. The van der Waals surface area contributed by atoms with Gasteiger partial charge in [0.15, 0.2) is 0 Å². The first-order valence-corrected chi connectivity index (χ1v) is 7.66. The van der Waals surface area contributed by atoms with Crippen LogP contribution in [0.3, 0.4) is 0 Å². The second-order valence-electron chi connectivity index (χ2n) is 5.34. The molecule has 1 aromatic heterocycles. The minimum absolute atomic E-state index is 0.0135. The Morgan fingerprint density at radius 3 is 2.55 bits per heavy atom. The first-order valence-electron chi connectivity index (χ1n) is 6.84. The molecule has 110 valence electrons. The zero-order chi connectivity index (χ0) is 14.7. The normalized spacial score (nSPS) is 17.1. The Morgan fingerprint density at radius 2 is 2.05 bits per heavy atom. The number of hydrogen-bond acceptors (Lipinski definition) is 4. The molecule has 0 unspecified atom stereocenters. The van der Waals surface area contributed by atoms with Gasteiger partial charge in [-0.1, -0.05) is 0 Å². The molecule has 1 aliphatic rings. The first-order chi connectivity index (χ1) is 9.45. The van der Waals surface area contributed by atoms with Crippen LogP contribution in [-0.2, 0) is 4.79 Å². The van der Waals surface area contributed by atoms with Crippen LogP contribution in [0.25, 0.3) is 0 Å². The Labute approximate surface area is 123 Å². The van der Waals surface area contributed by atoms with E-state index in [-0.39, 0.29) is 17.9 Å². The number of rotatable bonds is 4. The third kappa shape index (κ3) is 3.80. The van der Waals surface area contributed by atoms with Crippen molar-refractivity contribution < 1.29 is 9.59 Å². The molecule has 0 spiro atoms. The van der Waals surface area contributed by atoms with Crippen LogP contribution in [-0.4, -0.2) is 42.4 Å². The zero-order valence-electron chi connectivity index (χ0n) is 11.9. The molecule has 0 atom stereocenters. The van der Waals surface area contributed by atoms with Gasteiger partial charge in [0.2, 0.25) is 5.91 Å². The molecule has 0 radical (unpaired) electrons. The van der Waals surface area contributed by atoms with Gasteiger partial charge in [-0.2, -0.15) is 0 Å². The third-order valence-electron chi connectivity index (χ3n) is 3.69. The number of primary amides is 1. The summed E-state index contributed by atoms with van der Waals surface area (Å²) in [5.41, 5.74) is 6.35. The topological polar surface area (TPSA) is 75.4 Å². The highest BCUT2D eigenvalue weighted by Gasteiger charge is 2.22. The number of carbonyl (C=O) groups excluding carboxylic acids is 2. The monoisotopic (exact) mass is 295 g/mol. The summed E-state index contributed by atoms with van der Waals surface area (Å²) in [6.45, 7) is 5.96. The molecule has 2 rings (SSSR count). The number of nitrogens with zero attached hydrogens (tertiary/aromatic N) is 1. The minimum Gasteiger partial charge on any atom is -0.369 e. The van der Waals surface area contributed by atoms with Crippen molar-refractivity contribution in [2.45, 2.75) is 32.7 Å². The summed E-state index contributed by atoms with van der Waals surface area (Å²) < 4.78 is 0. The van der Waals surface area contributed by atoms with Crippen molar-refractivity contribution in [3.8, 4) is 0 Å². The van der Waals surface area contributed by atoms with Crippen LogP contribution < -0.4 is 11.1 Å². The van der Waals surface area contributed by atoms with E-state index >= 15 is 0 Å². The zero-order valence-corrected chi connectivity index (χ0v) is 12.8. The van der Waals surface area contributed by atoms with E-state index in [1.165, 1.54) is 16.2 Å². The SMILES string of the molecule is Cc1cc(C(=O)NC2CCN(CC(N)=O)CC2)sc1C. The van der Waals surface area contributed by atoms with Crippen LogP contribution in [0.1, 0.15) is 33.0 Å². The Bertz CT molecular complexity index is 485. The van der Waals surface area contributed by atoms with Gasteiger partial charge in [-0.25, -0.2) is 0 Å². The van der Waals surface area contributed by atoms with Crippen LogP contribution in [0.4, 0.5) is 0 Å². The van der Waals surface area contributed by atoms with E-state index < -0.39 is 0 Å². The Hall–Kier alpha value is -1.40. The van der Waals surface area contributed by atoms with E-state index in [4.69, 9.17) is 5.73 Å². The minimum atomic E-state index is -0.294. The fraction of sp³-hybridized carbons (Fsp3) is 0.571. The quantitative estimate of drug-likeness (QED) is 0.871. The lowest BCUT2D eigenvalue weighted by Gasteiger charge is -2.31. The molecule has 6 heteroatoms. The number of hydrogen-bond donors (Lipinski definition) is 2. The maximum absolute atomic E-state index is 12.1. The fourth-order valence-corrected chi connectivity index (χ4v) is 3.33. The summed E-state index contributed by atoms with van der Waals surface area (Å²) in [5.74, 6) is -0.281. The number of nitrogens with one attached hydrogen (secondary N) is 1. The van der Waals surface area contributed by atoms with Crippen molar-refractivity contribution in [3.63, 3.8) is 0 Å². The van der Waals surface area contributed by atoms with Crippen molar-refractivity contribution in [1.29, 1.82) is 0 Å². The third-order valence-corrected chi connectivity index (χ3v) is 4.84. The second kappa shape index (κ2) is 6.37. The average molecular weight is 295 g/mol. The van der Waals surface area contributed by atoms with Gasteiger partial charge in [0.05, 0.1) is 11.4 Å². The van der Waals surface area contributed by atoms with Crippen molar-refractivity contribution in [2.75, 3.05) is 19.6 Å². The van der Waals surface area contributed by atoms with E-state index in [9.17, 15) is 9.59 Å². The number of thiophene rings is 1. The molecule has 1 fully saturated rings. The van der Waals surface area contributed by atoms with Gasteiger partial charge in [0, 0.05) is 24.0 Å². The Balaban J connectivity index is 1.83. The van der Waals surface area contributed by atoms with Crippen LogP contribution in [0, 0.1) is 13.8 Å². The number of amides is 2. The average Bonchev–Trinajstić information content (AvgIpc) is 2.71. The molecule has 0 aliphatic carbocycles. The highest BCUT2D eigenvalue weighted by Crippen LogP contribution is 2.21. The molecule has 0 aromatic carbocycles. The van der Waals surface area contributed by atoms with E-state index in [2.05, 4.69) is 5.32 Å². The van der Waals surface area contributed by atoms with Gasteiger partial charge in [-0.05, 0) is 38.3 Å². The predicted molar refractivity (Wildman–Crippen MR) is 79.9 cm³/mol. The molecule has 0 saturated carbocycles. The summed E-state index contributed by atoms with van der Waals surface area (Å²) in [5, 5.41) is 3.08. The molecule has 1 aliphatic heterocycles. The number of aryl methyl sites for hydroxylation is 2. The number of piperidine rings is 1. The number of likely N-dealkylation sites (tertiary alicyclic amines) is 1. The van der Waals surface area contributed by atoms with E-state index in [1.807, 2.05) is 24.8 Å². The summed E-state index contributed by atoms with van der Waals surface area (Å²) in [6, 6.07) is 2.13. The fourth-order valence-electron chi connectivity index (χ4n) is 2.40. The maximum Gasteiger partial charge on any atom is 0.261 e. The maximum atomic E-state index is 12.1. The second-order valence-corrected chi connectivity index (χ2v) is 6.60. The van der Waals surface area contributed by atoms with Gasteiger partial charge >= 0.3 is 0 Å². The molecule has 2 heterocycles. The van der Waals surface area contributed by atoms with Crippen LogP contribution in [0.2, 0.25) is 0 Å². The van der Waals surface area contributed by atoms with Crippen molar-refractivity contribution in [2.24, 2.45) is 5.73 Å². The lowest BCUT2D eigenvalue weighted by molar-refractivity contribution is -0.119. The summed E-state index contributed by atoms with van der Waals surface area (Å²) >= 11 is 1.54. The molecule has 2 amide bonds. The largest absolute Gasteiger partial charge is 0.369 e. The number of carbonyl (C=O) groups is 2. The van der Waals surface area contributed by atoms with Gasteiger partial charge in [-0.3, -0.25) is 14.5 Å². The predicted octanol–water partition coefficient (Wildman–Crippen LogP) is 1.04. The van der Waals surface area contributed by atoms with E-state index in [0.717, 1.165) is 36.4 Å². The molecule has 20 heavy (non-hydrogen) atoms. The molecular weight excluding hydrogens is 274 g/mol. The summed E-state index contributed by atoms with van der Waals surface area (Å²) in [6.07, 6.45) is 1.73. The van der Waals surface area contributed by atoms with Crippen LogP contribution >= 0.6 is 11.3 Å². The summed E-state index contributed by atoms with van der Waals surface area (Å²) in [4.78, 5) is 27.0. The molecule has 5 nitrogen and oxygen atoms in total. The van der Waals surface area contributed by atoms with E-state index in [0.29, 0.717) is 6.54 Å². The van der Waals surface area contributed by atoms with Crippen LogP contribution in [0.5, 0.6) is 0 Å². The molecule has 1 aromatic rings. The van der Waals surface area contributed by atoms with Crippen molar-refractivity contribution in [3.05, 3.63) is 21.4 Å². The standard InChI is InChI=1S/C14H21N3O2S/c1-9-7-12(20-10(9)2)14(19)16-11-3-5-17(6-4-11)8-13(15)18/h7,11H,3-6,8H2,1-2H3,(H2,15,18)(H,16,19). The van der Waals surface area contributed by atoms with Crippen LogP contribution in [0.15, 0.2) is 6.07 Å². The van der Waals surface area contributed by atoms with Gasteiger partial charge in [0.25, 0.3) is 5.91 Å². The lowest BCUT2D eigenvalue weighted by Crippen LogP contribution is -2.46. The summed E-state index contributed by atoms with van der Waals surface area (Å²) in [7, 11) is 0. The van der Waals surface area contributed by atoms with Crippen molar-refractivity contribution in [1.82, 2.24) is 10.2 Å². The Morgan fingerprint density at radius 1 is 1.40 bits per heavy atom. The highest BCUT2D eigenvalue weighted by atomic mass is 32.1. The Kier molecular flexibility index (Phi) is 4.77. The molecular formula is C14H21N3O2S. The molecule has 1 saturated heterocycles. The number of nitrogens with two attached hydrogens (primary N) is 1. The molecule has 3 N–H and O–H groups in total. The van der Waals surface area contributed by atoms with Gasteiger partial charge < -0.3 is 11.1 Å². The lowest BCUT2D eigenvalue weighted by atomic mass is 10.0. The van der Waals surface area contributed by atoms with Gasteiger partial charge in [-0.15, -0.1) is 11.3 Å². The smallest absolute Gasteiger partial charge is 0.261 e. The highest BCUT2D eigenvalue weighted by molar-refractivity contribution is 7.14. The first kappa shape index (κ1) is 15.0. The van der Waals surface area contributed by atoms with E-state index in [1.54, 1.807) is 0 Å².